The number of nitrogens with one attached hydrogen (secondary N) is 1. The summed E-state index contributed by atoms with van der Waals surface area (Å²) in [7, 11) is 3.93. The Morgan fingerprint density at radius 1 is 1.45 bits per heavy atom. The SMILES string of the molecule is CC(C)NC(C)(C#N)CCCSc1nnc(N(C)C)s1. The van der Waals surface area contributed by atoms with Crippen LogP contribution < -0.4 is 10.2 Å². The Bertz CT molecular complexity index is 452. The normalized spacial score (nSPS) is 14.1. The van der Waals surface area contributed by atoms with Crippen LogP contribution in [0, 0.1) is 11.3 Å². The highest BCUT2D eigenvalue weighted by Crippen LogP contribution is 2.28. The van der Waals surface area contributed by atoms with Crippen molar-refractivity contribution in [3.05, 3.63) is 0 Å². The Hall–Kier alpha value is -0.840. The summed E-state index contributed by atoms with van der Waals surface area (Å²) in [5, 5.41) is 21.8. The molecule has 0 radical (unpaired) electrons. The van der Waals surface area contributed by atoms with Gasteiger partial charge in [-0.1, -0.05) is 23.1 Å². The van der Waals surface area contributed by atoms with Crippen LogP contribution in [0.5, 0.6) is 0 Å². The number of hydrogen-bond acceptors (Lipinski definition) is 7. The van der Waals surface area contributed by atoms with Crippen molar-refractivity contribution in [3.8, 4) is 6.07 Å². The number of hydrogen-bond donors (Lipinski definition) is 1. The first-order valence-electron chi connectivity index (χ1n) is 6.69. The number of rotatable bonds is 8. The van der Waals surface area contributed by atoms with Crippen LogP contribution >= 0.6 is 23.1 Å². The molecule has 1 atom stereocenters. The maximum Gasteiger partial charge on any atom is 0.208 e. The van der Waals surface area contributed by atoms with Crippen LogP contribution in [0.15, 0.2) is 4.34 Å². The van der Waals surface area contributed by atoms with E-state index in [1.165, 1.54) is 0 Å². The van der Waals surface area contributed by atoms with Crippen LogP contribution in [0.4, 0.5) is 5.13 Å². The molecule has 112 valence electrons. The van der Waals surface area contributed by atoms with E-state index >= 15 is 0 Å². The van der Waals surface area contributed by atoms with Crippen molar-refractivity contribution in [1.82, 2.24) is 15.5 Å². The van der Waals surface area contributed by atoms with Gasteiger partial charge in [0.05, 0.1) is 6.07 Å². The topological polar surface area (TPSA) is 64.8 Å². The first kappa shape index (κ1) is 17.2. The molecule has 0 bridgehead atoms. The summed E-state index contributed by atoms with van der Waals surface area (Å²) in [6.45, 7) is 6.09. The van der Waals surface area contributed by atoms with E-state index in [1.54, 1.807) is 23.1 Å². The van der Waals surface area contributed by atoms with Gasteiger partial charge in [0.15, 0.2) is 4.34 Å². The third-order valence-corrected chi connectivity index (χ3v) is 4.99. The van der Waals surface area contributed by atoms with Gasteiger partial charge in [-0.3, -0.25) is 5.32 Å². The molecule has 0 aliphatic rings. The maximum absolute atomic E-state index is 9.27. The zero-order valence-corrected chi connectivity index (χ0v) is 14.4. The van der Waals surface area contributed by atoms with E-state index in [1.807, 2.05) is 25.9 Å². The van der Waals surface area contributed by atoms with Crippen LogP contribution in [0.3, 0.4) is 0 Å². The number of thioether (sulfide) groups is 1. The summed E-state index contributed by atoms with van der Waals surface area (Å²) in [6.07, 6.45) is 1.82. The minimum atomic E-state index is -0.440. The summed E-state index contributed by atoms with van der Waals surface area (Å²) in [4.78, 5) is 1.96. The summed E-state index contributed by atoms with van der Waals surface area (Å²) in [6, 6.07) is 2.69. The van der Waals surface area contributed by atoms with Gasteiger partial charge in [0.1, 0.15) is 5.54 Å². The molecule has 0 spiro atoms. The summed E-state index contributed by atoms with van der Waals surface area (Å²) in [5.74, 6) is 0.957. The van der Waals surface area contributed by atoms with Gasteiger partial charge in [0.2, 0.25) is 5.13 Å². The fourth-order valence-corrected chi connectivity index (χ4v) is 3.60. The van der Waals surface area contributed by atoms with Crippen molar-refractivity contribution in [2.45, 2.75) is 49.5 Å². The highest BCUT2D eigenvalue weighted by atomic mass is 32.2. The minimum absolute atomic E-state index is 0.318. The number of anilines is 1. The monoisotopic (exact) mass is 313 g/mol. The second-order valence-corrected chi connectivity index (χ2v) is 7.74. The van der Waals surface area contributed by atoms with Gasteiger partial charge in [-0.2, -0.15) is 5.26 Å². The molecule has 0 amide bonds. The minimum Gasteiger partial charge on any atom is -0.353 e. The van der Waals surface area contributed by atoms with Crippen molar-refractivity contribution < 1.29 is 0 Å². The van der Waals surface area contributed by atoms with Crippen molar-refractivity contribution >= 4 is 28.2 Å². The molecule has 1 aromatic heterocycles. The van der Waals surface area contributed by atoms with Crippen LogP contribution in [0.25, 0.3) is 0 Å². The van der Waals surface area contributed by atoms with Crippen LogP contribution in [-0.2, 0) is 0 Å². The molecule has 1 heterocycles. The summed E-state index contributed by atoms with van der Waals surface area (Å²) < 4.78 is 0.990. The van der Waals surface area contributed by atoms with E-state index in [4.69, 9.17) is 0 Å². The number of nitriles is 1. The van der Waals surface area contributed by atoms with Gasteiger partial charge in [-0.05, 0) is 33.6 Å². The summed E-state index contributed by atoms with van der Waals surface area (Å²) >= 11 is 3.31. The molecule has 1 N–H and O–H groups in total. The van der Waals surface area contributed by atoms with Crippen LogP contribution in [0.1, 0.15) is 33.6 Å². The molecular weight excluding hydrogens is 290 g/mol. The molecule has 5 nitrogen and oxygen atoms in total. The van der Waals surface area contributed by atoms with Crippen molar-refractivity contribution in [3.63, 3.8) is 0 Å². The lowest BCUT2D eigenvalue weighted by Crippen LogP contribution is -2.44. The second-order valence-electron chi connectivity index (χ2n) is 5.44. The lowest BCUT2D eigenvalue weighted by atomic mass is 9.97. The highest BCUT2D eigenvalue weighted by Gasteiger charge is 2.23. The van der Waals surface area contributed by atoms with Gasteiger partial charge in [-0.25, -0.2) is 0 Å². The van der Waals surface area contributed by atoms with Gasteiger partial charge in [-0.15, -0.1) is 10.2 Å². The van der Waals surface area contributed by atoms with Gasteiger partial charge in [0.25, 0.3) is 0 Å². The first-order chi connectivity index (χ1) is 9.36. The Labute approximate surface area is 129 Å². The molecule has 0 fully saturated rings. The molecule has 0 saturated heterocycles. The van der Waals surface area contributed by atoms with Crippen molar-refractivity contribution in [2.24, 2.45) is 0 Å². The Kier molecular flexibility index (Phi) is 6.72. The molecule has 0 aliphatic carbocycles. The van der Waals surface area contributed by atoms with E-state index in [9.17, 15) is 5.26 Å². The molecule has 0 aromatic carbocycles. The molecule has 0 aliphatic heterocycles. The third-order valence-electron chi connectivity index (χ3n) is 2.68. The molecule has 0 saturated carbocycles. The molecule has 20 heavy (non-hydrogen) atoms. The number of nitrogens with zero attached hydrogens (tertiary/aromatic N) is 4. The van der Waals surface area contributed by atoms with Crippen molar-refractivity contribution in [1.29, 1.82) is 5.26 Å². The average molecular weight is 313 g/mol. The van der Waals surface area contributed by atoms with Crippen LogP contribution in [-0.4, -0.2) is 41.6 Å². The fourth-order valence-electron chi connectivity index (χ4n) is 1.82. The highest BCUT2D eigenvalue weighted by molar-refractivity contribution is 8.01. The fraction of sp³-hybridized carbons (Fsp3) is 0.769. The van der Waals surface area contributed by atoms with E-state index < -0.39 is 5.54 Å². The van der Waals surface area contributed by atoms with E-state index in [-0.39, 0.29) is 0 Å². The van der Waals surface area contributed by atoms with E-state index in [0.717, 1.165) is 28.1 Å². The maximum atomic E-state index is 9.27. The number of aromatic nitrogens is 2. The Morgan fingerprint density at radius 2 is 2.15 bits per heavy atom. The van der Waals surface area contributed by atoms with Crippen LogP contribution in [0.2, 0.25) is 0 Å². The largest absolute Gasteiger partial charge is 0.353 e. The van der Waals surface area contributed by atoms with Gasteiger partial charge >= 0.3 is 0 Å². The molecule has 7 heteroatoms. The zero-order valence-electron chi connectivity index (χ0n) is 12.8. The lowest BCUT2D eigenvalue weighted by Gasteiger charge is -2.25. The third kappa shape index (κ3) is 5.65. The predicted octanol–water partition coefficient (Wildman–Crippen LogP) is 2.76. The Balaban J connectivity index is 2.35. The van der Waals surface area contributed by atoms with Gasteiger partial charge < -0.3 is 4.90 Å². The summed E-state index contributed by atoms with van der Waals surface area (Å²) in [5.41, 5.74) is -0.440. The standard InChI is InChI=1S/C13H23N5S2/c1-10(2)15-13(3,9-14)7-6-8-19-12-17-16-11(20-12)18(4)5/h10,15H,6-8H2,1-5H3. The molecule has 1 rings (SSSR count). The van der Waals surface area contributed by atoms with E-state index in [2.05, 4.69) is 35.4 Å². The Morgan fingerprint density at radius 3 is 2.65 bits per heavy atom. The first-order valence-corrected chi connectivity index (χ1v) is 8.49. The predicted molar refractivity (Wildman–Crippen MR) is 86.5 cm³/mol. The molecular formula is C13H23N5S2. The van der Waals surface area contributed by atoms with Gasteiger partial charge in [0, 0.05) is 25.9 Å². The molecule has 1 aromatic rings. The quantitative estimate of drug-likeness (QED) is 0.588. The average Bonchev–Trinajstić information content (AvgIpc) is 2.83. The molecule has 1 unspecified atom stereocenters. The zero-order chi connectivity index (χ0) is 15.2. The van der Waals surface area contributed by atoms with E-state index in [0.29, 0.717) is 6.04 Å². The van der Waals surface area contributed by atoms with Crippen molar-refractivity contribution in [2.75, 3.05) is 24.7 Å². The second kappa shape index (κ2) is 7.81. The smallest absolute Gasteiger partial charge is 0.208 e. The lowest BCUT2D eigenvalue weighted by molar-refractivity contribution is 0.380.